The van der Waals surface area contributed by atoms with E-state index < -0.39 is 23.1 Å². The lowest BCUT2D eigenvalue weighted by atomic mass is 10.2. The Bertz CT molecular complexity index is 419. The fourth-order valence-electron chi connectivity index (χ4n) is 0.967. The summed E-state index contributed by atoms with van der Waals surface area (Å²) in [6, 6.07) is 3.59. The molecule has 1 amide bonds. The molecule has 1 aromatic carbocycles. The Hall–Kier alpha value is -1.48. The van der Waals surface area contributed by atoms with Crippen LogP contribution in [0.15, 0.2) is 16.6 Å². The van der Waals surface area contributed by atoms with Crippen LogP contribution in [0, 0.1) is 23.0 Å². The second-order valence-electron chi connectivity index (χ2n) is 2.59. The van der Waals surface area contributed by atoms with Gasteiger partial charge >= 0.3 is 0 Å². The number of nitriles is 1. The fraction of sp³-hybridized carbons (Fsp3) is 0.111. The summed E-state index contributed by atoms with van der Waals surface area (Å²) in [5, 5.41) is 10.2. The number of nitrogens with zero attached hydrogens (tertiary/aromatic N) is 1. The average Bonchev–Trinajstić information content (AvgIpc) is 2.12. The van der Waals surface area contributed by atoms with Gasteiger partial charge in [0.25, 0.3) is 5.91 Å². The summed E-state index contributed by atoms with van der Waals surface area (Å²) in [4.78, 5) is 11.2. The molecule has 1 aromatic rings. The quantitative estimate of drug-likeness (QED) is 0.839. The third-order valence-electron chi connectivity index (χ3n) is 1.56. The Morgan fingerprint density at radius 1 is 1.47 bits per heavy atom. The van der Waals surface area contributed by atoms with Gasteiger partial charge in [-0.15, -0.1) is 0 Å². The molecular weight excluding hydrogens is 270 g/mol. The third kappa shape index (κ3) is 2.73. The van der Waals surface area contributed by atoms with E-state index in [1.165, 1.54) is 0 Å². The molecule has 0 saturated heterocycles. The highest BCUT2D eigenvalue weighted by Gasteiger charge is 2.17. The minimum absolute atomic E-state index is 0.203. The van der Waals surface area contributed by atoms with Gasteiger partial charge < -0.3 is 5.32 Å². The molecule has 0 aliphatic heterocycles. The number of carbonyl (C=O) groups excluding carboxylic acids is 1. The van der Waals surface area contributed by atoms with Crippen molar-refractivity contribution in [3.63, 3.8) is 0 Å². The first kappa shape index (κ1) is 11.6. The van der Waals surface area contributed by atoms with Crippen LogP contribution in [-0.4, -0.2) is 12.5 Å². The van der Waals surface area contributed by atoms with E-state index in [9.17, 15) is 13.6 Å². The van der Waals surface area contributed by atoms with Crippen molar-refractivity contribution in [1.29, 1.82) is 5.26 Å². The first-order valence-corrected chi connectivity index (χ1v) is 4.65. The maximum Gasteiger partial charge on any atom is 0.258 e. The zero-order valence-corrected chi connectivity index (χ0v) is 8.94. The van der Waals surface area contributed by atoms with Gasteiger partial charge in [-0.2, -0.15) is 5.26 Å². The van der Waals surface area contributed by atoms with Crippen LogP contribution in [0.3, 0.4) is 0 Å². The van der Waals surface area contributed by atoms with E-state index in [0.29, 0.717) is 0 Å². The molecule has 1 rings (SSSR count). The predicted octanol–water partition coefficient (Wildman–Crippen LogP) is 1.98. The highest BCUT2D eigenvalue weighted by atomic mass is 79.9. The lowest BCUT2D eigenvalue weighted by Gasteiger charge is -2.04. The van der Waals surface area contributed by atoms with Gasteiger partial charge in [0.15, 0.2) is 0 Å². The number of halogens is 3. The first-order chi connectivity index (χ1) is 7.06. The molecule has 15 heavy (non-hydrogen) atoms. The molecule has 0 bridgehead atoms. The molecule has 1 N–H and O–H groups in total. The van der Waals surface area contributed by atoms with Crippen LogP contribution in [0.1, 0.15) is 10.4 Å². The van der Waals surface area contributed by atoms with E-state index in [1.54, 1.807) is 6.07 Å². The number of rotatable bonds is 2. The number of hydrogen-bond donors (Lipinski definition) is 1. The van der Waals surface area contributed by atoms with E-state index in [2.05, 4.69) is 21.2 Å². The first-order valence-electron chi connectivity index (χ1n) is 3.86. The summed E-state index contributed by atoms with van der Waals surface area (Å²) < 4.78 is 26.6. The summed E-state index contributed by atoms with van der Waals surface area (Å²) in [6.45, 7) is -0.298. The van der Waals surface area contributed by atoms with Crippen molar-refractivity contribution in [1.82, 2.24) is 5.32 Å². The van der Waals surface area contributed by atoms with E-state index >= 15 is 0 Å². The summed E-state index contributed by atoms with van der Waals surface area (Å²) in [6.07, 6.45) is 0. The second kappa shape index (κ2) is 4.84. The van der Waals surface area contributed by atoms with Crippen LogP contribution in [0.2, 0.25) is 0 Å². The van der Waals surface area contributed by atoms with Crippen molar-refractivity contribution in [2.45, 2.75) is 0 Å². The van der Waals surface area contributed by atoms with Gasteiger partial charge in [-0.05, 0) is 12.1 Å². The molecule has 0 unspecified atom stereocenters. The molecule has 0 heterocycles. The van der Waals surface area contributed by atoms with Gasteiger partial charge in [0.2, 0.25) is 0 Å². The molecule has 0 aromatic heterocycles. The lowest BCUT2D eigenvalue weighted by molar-refractivity contribution is 0.0950. The zero-order valence-electron chi connectivity index (χ0n) is 7.35. The van der Waals surface area contributed by atoms with Gasteiger partial charge in [0.1, 0.15) is 23.7 Å². The van der Waals surface area contributed by atoms with Crippen LogP contribution in [-0.2, 0) is 0 Å². The lowest BCUT2D eigenvalue weighted by Crippen LogP contribution is -2.25. The minimum atomic E-state index is -0.975. The van der Waals surface area contributed by atoms with Crippen molar-refractivity contribution in [3.8, 4) is 6.07 Å². The summed E-state index contributed by atoms with van der Waals surface area (Å²) in [5.74, 6) is -2.89. The van der Waals surface area contributed by atoms with Gasteiger partial charge in [0, 0.05) is 4.47 Å². The maximum atomic E-state index is 13.2. The van der Waals surface area contributed by atoms with E-state index in [0.717, 1.165) is 12.1 Å². The van der Waals surface area contributed by atoms with Crippen molar-refractivity contribution in [2.24, 2.45) is 0 Å². The highest BCUT2D eigenvalue weighted by Crippen LogP contribution is 2.19. The van der Waals surface area contributed by atoms with Crippen LogP contribution >= 0.6 is 15.9 Å². The Kier molecular flexibility index (Phi) is 3.74. The smallest absolute Gasteiger partial charge is 0.258 e. The van der Waals surface area contributed by atoms with Crippen molar-refractivity contribution in [3.05, 3.63) is 33.8 Å². The predicted molar refractivity (Wildman–Crippen MR) is 52.0 cm³/mol. The molecular formula is C9H5BrF2N2O. The van der Waals surface area contributed by atoms with Gasteiger partial charge in [0.05, 0.1) is 6.07 Å². The van der Waals surface area contributed by atoms with Crippen molar-refractivity contribution in [2.75, 3.05) is 6.54 Å². The molecule has 0 atom stereocenters. The van der Waals surface area contributed by atoms with E-state index in [4.69, 9.17) is 5.26 Å². The molecule has 0 radical (unpaired) electrons. The van der Waals surface area contributed by atoms with Crippen molar-refractivity contribution >= 4 is 21.8 Å². The third-order valence-corrected chi connectivity index (χ3v) is 2.02. The van der Waals surface area contributed by atoms with Crippen LogP contribution in [0.25, 0.3) is 0 Å². The van der Waals surface area contributed by atoms with E-state index in [1.807, 2.05) is 0 Å². The normalized spacial score (nSPS) is 9.47. The largest absolute Gasteiger partial charge is 0.339 e. The second-order valence-corrected chi connectivity index (χ2v) is 3.50. The maximum absolute atomic E-state index is 13.2. The van der Waals surface area contributed by atoms with Gasteiger partial charge in [-0.25, -0.2) is 8.78 Å². The van der Waals surface area contributed by atoms with E-state index in [-0.39, 0.29) is 11.0 Å². The standard InChI is InChI=1S/C9H5BrF2N2O/c10-5-3-6(11)8(7(12)4-5)9(15)14-2-1-13/h3-4H,2H2,(H,14,15). The molecule has 0 saturated carbocycles. The molecule has 3 nitrogen and oxygen atoms in total. The molecule has 0 aliphatic carbocycles. The molecule has 0 fully saturated rings. The summed E-state index contributed by atoms with van der Waals surface area (Å²) in [5.41, 5.74) is -0.687. The number of carbonyl (C=O) groups is 1. The topological polar surface area (TPSA) is 52.9 Å². The molecule has 6 heteroatoms. The summed E-state index contributed by atoms with van der Waals surface area (Å²) in [7, 11) is 0. The molecule has 0 aliphatic rings. The summed E-state index contributed by atoms with van der Waals surface area (Å²) >= 11 is 2.88. The Balaban J connectivity index is 3.04. The minimum Gasteiger partial charge on any atom is -0.339 e. The van der Waals surface area contributed by atoms with Crippen molar-refractivity contribution < 1.29 is 13.6 Å². The Morgan fingerprint density at radius 2 is 2.00 bits per heavy atom. The zero-order chi connectivity index (χ0) is 11.4. The fourth-order valence-corrected chi connectivity index (χ4v) is 1.37. The Morgan fingerprint density at radius 3 is 2.47 bits per heavy atom. The number of nitrogens with one attached hydrogen (secondary N) is 1. The monoisotopic (exact) mass is 274 g/mol. The Labute approximate surface area is 92.8 Å². The van der Waals surface area contributed by atoms with Crippen LogP contribution in [0.4, 0.5) is 8.78 Å². The van der Waals surface area contributed by atoms with Crippen LogP contribution < -0.4 is 5.32 Å². The van der Waals surface area contributed by atoms with Gasteiger partial charge in [-0.1, -0.05) is 15.9 Å². The molecule has 0 spiro atoms. The van der Waals surface area contributed by atoms with Gasteiger partial charge in [-0.3, -0.25) is 4.79 Å². The number of benzene rings is 1. The number of hydrogen-bond acceptors (Lipinski definition) is 2. The number of amides is 1. The van der Waals surface area contributed by atoms with Crippen LogP contribution in [0.5, 0.6) is 0 Å². The highest BCUT2D eigenvalue weighted by molar-refractivity contribution is 9.10. The molecule has 78 valence electrons. The SMILES string of the molecule is N#CCNC(=O)c1c(F)cc(Br)cc1F. The average molecular weight is 275 g/mol.